The fraction of sp³-hybridized carbons (Fsp3) is 0.294. The van der Waals surface area contributed by atoms with Crippen molar-refractivity contribution in [3.8, 4) is 5.75 Å². The Morgan fingerprint density at radius 3 is 2.25 bits per heavy atom. The van der Waals surface area contributed by atoms with Gasteiger partial charge in [0.15, 0.2) is 0 Å². The molecule has 0 spiro atoms. The van der Waals surface area contributed by atoms with Crippen molar-refractivity contribution in [2.75, 3.05) is 6.61 Å². The largest absolute Gasteiger partial charge is 0.488 e. The van der Waals surface area contributed by atoms with Crippen LogP contribution in [0.5, 0.6) is 5.75 Å². The molecule has 0 aliphatic rings. The first kappa shape index (κ1) is 14.6. The van der Waals surface area contributed by atoms with Crippen molar-refractivity contribution < 1.29 is 9.84 Å². The molecule has 0 fully saturated rings. The van der Waals surface area contributed by atoms with E-state index in [1.807, 2.05) is 56.3 Å². The first-order valence-electron chi connectivity index (χ1n) is 6.76. The smallest absolute Gasteiger partial charge is 0.125 e. The molecule has 20 heavy (non-hydrogen) atoms. The van der Waals surface area contributed by atoms with Gasteiger partial charge in [-0.05, 0) is 36.1 Å². The van der Waals surface area contributed by atoms with E-state index in [0.717, 1.165) is 28.0 Å². The number of hydrogen-bond donors (Lipinski definition) is 2. The Labute approximate surface area is 120 Å². The Kier molecular flexibility index (Phi) is 4.77. The Balaban J connectivity index is 2.16. The maximum absolute atomic E-state index is 9.14. The number of aliphatic hydroxyl groups excluding tert-OH is 1. The lowest BCUT2D eigenvalue weighted by Crippen LogP contribution is -2.15. The zero-order valence-electron chi connectivity index (χ0n) is 12.0. The van der Waals surface area contributed by atoms with Crippen molar-refractivity contribution in [2.45, 2.75) is 26.5 Å². The summed E-state index contributed by atoms with van der Waals surface area (Å²) in [6.07, 6.45) is 0. The summed E-state index contributed by atoms with van der Waals surface area (Å²) < 4.78 is 5.92. The van der Waals surface area contributed by atoms with E-state index in [0.29, 0.717) is 6.61 Å². The molecule has 2 rings (SSSR count). The van der Waals surface area contributed by atoms with Gasteiger partial charge in [0.25, 0.3) is 0 Å². The number of benzene rings is 2. The van der Waals surface area contributed by atoms with E-state index in [1.54, 1.807) is 0 Å². The molecule has 0 aliphatic heterocycles. The van der Waals surface area contributed by atoms with Crippen molar-refractivity contribution in [1.82, 2.24) is 0 Å². The van der Waals surface area contributed by atoms with Gasteiger partial charge in [0, 0.05) is 0 Å². The van der Waals surface area contributed by atoms with Gasteiger partial charge in [-0.25, -0.2) is 0 Å². The average Bonchev–Trinajstić information content (AvgIpc) is 2.46. The second kappa shape index (κ2) is 6.55. The lowest BCUT2D eigenvalue weighted by Gasteiger charge is -2.16. The fourth-order valence-electron chi connectivity index (χ4n) is 2.26. The predicted octanol–water partition coefficient (Wildman–Crippen LogP) is 2.87. The van der Waals surface area contributed by atoms with Crippen LogP contribution in [0.2, 0.25) is 0 Å². The molecule has 0 unspecified atom stereocenters. The number of hydrogen-bond acceptors (Lipinski definition) is 3. The van der Waals surface area contributed by atoms with Crippen molar-refractivity contribution in [3.63, 3.8) is 0 Å². The van der Waals surface area contributed by atoms with Crippen LogP contribution in [0.25, 0.3) is 0 Å². The summed E-state index contributed by atoms with van der Waals surface area (Å²) in [7, 11) is 0. The van der Waals surface area contributed by atoms with Gasteiger partial charge in [0.2, 0.25) is 0 Å². The summed E-state index contributed by atoms with van der Waals surface area (Å²) in [6.45, 7) is 4.50. The molecule has 0 aromatic heterocycles. The summed E-state index contributed by atoms with van der Waals surface area (Å²) >= 11 is 0. The Hall–Kier alpha value is -1.84. The number of nitrogens with two attached hydrogens (primary N) is 1. The van der Waals surface area contributed by atoms with Gasteiger partial charge >= 0.3 is 0 Å². The minimum atomic E-state index is -0.337. The normalized spacial score (nSPS) is 12.2. The number of aliphatic hydroxyl groups is 1. The van der Waals surface area contributed by atoms with Crippen LogP contribution < -0.4 is 10.5 Å². The van der Waals surface area contributed by atoms with Crippen LogP contribution in [0.1, 0.15) is 28.3 Å². The van der Waals surface area contributed by atoms with Gasteiger partial charge in [-0.15, -0.1) is 0 Å². The zero-order valence-corrected chi connectivity index (χ0v) is 12.0. The van der Waals surface area contributed by atoms with Gasteiger partial charge in [0.05, 0.1) is 12.6 Å². The molecule has 3 heteroatoms. The monoisotopic (exact) mass is 271 g/mol. The standard InChI is InChI=1S/C17H21NO2/c1-12-8-15(16(18)10-19)9-13(2)17(12)20-11-14-6-4-3-5-7-14/h3-9,16,19H,10-11,18H2,1-2H3/t16-/m0/s1. The van der Waals surface area contributed by atoms with Gasteiger partial charge in [-0.1, -0.05) is 42.5 Å². The van der Waals surface area contributed by atoms with Gasteiger partial charge in [-0.3, -0.25) is 0 Å². The summed E-state index contributed by atoms with van der Waals surface area (Å²) in [6, 6.07) is 13.7. The Morgan fingerprint density at radius 2 is 1.70 bits per heavy atom. The maximum Gasteiger partial charge on any atom is 0.125 e. The van der Waals surface area contributed by atoms with Gasteiger partial charge in [-0.2, -0.15) is 0 Å². The summed E-state index contributed by atoms with van der Waals surface area (Å²) in [5, 5.41) is 9.14. The third-order valence-corrected chi connectivity index (χ3v) is 3.33. The molecule has 3 nitrogen and oxygen atoms in total. The number of rotatable bonds is 5. The molecule has 2 aromatic carbocycles. The highest BCUT2D eigenvalue weighted by molar-refractivity contribution is 5.44. The van der Waals surface area contributed by atoms with Crippen LogP contribution >= 0.6 is 0 Å². The highest BCUT2D eigenvalue weighted by atomic mass is 16.5. The lowest BCUT2D eigenvalue weighted by atomic mass is 10.0. The molecule has 3 N–H and O–H groups in total. The van der Waals surface area contributed by atoms with Crippen LogP contribution in [0, 0.1) is 13.8 Å². The molecule has 0 heterocycles. The van der Waals surface area contributed by atoms with Gasteiger partial charge < -0.3 is 15.6 Å². The van der Waals surface area contributed by atoms with Crippen LogP contribution in [-0.2, 0) is 6.61 Å². The Bertz CT molecular complexity index is 543. The lowest BCUT2D eigenvalue weighted by molar-refractivity contribution is 0.267. The minimum Gasteiger partial charge on any atom is -0.488 e. The van der Waals surface area contributed by atoms with Gasteiger partial charge in [0.1, 0.15) is 12.4 Å². The molecular formula is C17H21NO2. The summed E-state index contributed by atoms with van der Waals surface area (Å²) in [5.41, 5.74) is 10.0. The first-order chi connectivity index (χ1) is 9.61. The van der Waals surface area contributed by atoms with E-state index in [4.69, 9.17) is 15.6 Å². The molecule has 0 radical (unpaired) electrons. The highest BCUT2D eigenvalue weighted by Crippen LogP contribution is 2.27. The van der Waals surface area contributed by atoms with E-state index < -0.39 is 0 Å². The molecule has 0 bridgehead atoms. The molecular weight excluding hydrogens is 250 g/mol. The van der Waals surface area contributed by atoms with Crippen molar-refractivity contribution in [2.24, 2.45) is 5.73 Å². The third kappa shape index (κ3) is 3.38. The summed E-state index contributed by atoms with van der Waals surface area (Å²) in [4.78, 5) is 0. The molecule has 0 amide bonds. The Morgan fingerprint density at radius 1 is 1.10 bits per heavy atom. The first-order valence-corrected chi connectivity index (χ1v) is 6.76. The second-order valence-electron chi connectivity index (χ2n) is 5.05. The van der Waals surface area contributed by atoms with Crippen LogP contribution in [0.15, 0.2) is 42.5 Å². The average molecular weight is 271 g/mol. The quantitative estimate of drug-likeness (QED) is 0.879. The van der Waals surface area contributed by atoms with E-state index >= 15 is 0 Å². The molecule has 2 aromatic rings. The topological polar surface area (TPSA) is 55.5 Å². The molecule has 0 aliphatic carbocycles. The van der Waals surface area contributed by atoms with E-state index in [1.165, 1.54) is 0 Å². The van der Waals surface area contributed by atoms with E-state index in [2.05, 4.69) is 0 Å². The van der Waals surface area contributed by atoms with E-state index in [-0.39, 0.29) is 12.6 Å². The predicted molar refractivity (Wildman–Crippen MR) is 80.7 cm³/mol. The molecule has 1 atom stereocenters. The van der Waals surface area contributed by atoms with Crippen molar-refractivity contribution in [1.29, 1.82) is 0 Å². The molecule has 0 saturated carbocycles. The van der Waals surface area contributed by atoms with Crippen molar-refractivity contribution >= 4 is 0 Å². The zero-order chi connectivity index (χ0) is 14.5. The van der Waals surface area contributed by atoms with Crippen LogP contribution in [0.4, 0.5) is 0 Å². The fourth-order valence-corrected chi connectivity index (χ4v) is 2.26. The maximum atomic E-state index is 9.14. The third-order valence-electron chi connectivity index (χ3n) is 3.33. The van der Waals surface area contributed by atoms with Crippen LogP contribution in [0.3, 0.4) is 0 Å². The number of ether oxygens (including phenoxy) is 1. The minimum absolute atomic E-state index is 0.0525. The summed E-state index contributed by atoms with van der Waals surface area (Å²) in [5.74, 6) is 0.891. The highest BCUT2D eigenvalue weighted by Gasteiger charge is 2.11. The van der Waals surface area contributed by atoms with Crippen LogP contribution in [-0.4, -0.2) is 11.7 Å². The number of aryl methyl sites for hydroxylation is 2. The SMILES string of the molecule is Cc1cc([C@@H](N)CO)cc(C)c1OCc1ccccc1. The second-order valence-corrected chi connectivity index (χ2v) is 5.05. The van der Waals surface area contributed by atoms with E-state index in [9.17, 15) is 0 Å². The molecule has 0 saturated heterocycles. The van der Waals surface area contributed by atoms with Crippen molar-refractivity contribution in [3.05, 3.63) is 64.7 Å². The molecule has 106 valence electrons.